The minimum Gasteiger partial charge on any atom is -0.481 e. The number of amides is 1. The molecule has 0 bridgehead atoms. The van der Waals surface area contributed by atoms with Crippen LogP contribution in [0.2, 0.25) is 0 Å². The molecule has 1 amide bonds. The molecule has 2 aliphatic heterocycles. The van der Waals surface area contributed by atoms with Gasteiger partial charge in [-0.25, -0.2) is 4.98 Å². The molecule has 8 heteroatoms. The van der Waals surface area contributed by atoms with Gasteiger partial charge in [0.1, 0.15) is 11.9 Å². The summed E-state index contributed by atoms with van der Waals surface area (Å²) in [5.74, 6) is 0.841. The van der Waals surface area contributed by atoms with Gasteiger partial charge in [0.15, 0.2) is 11.6 Å². The Bertz CT molecular complexity index is 1700. The van der Waals surface area contributed by atoms with Gasteiger partial charge in [0.2, 0.25) is 0 Å². The number of hydrogen-bond acceptors (Lipinski definition) is 5. The van der Waals surface area contributed by atoms with Crippen LogP contribution in [0.15, 0.2) is 105 Å². The van der Waals surface area contributed by atoms with E-state index in [-0.39, 0.29) is 18.2 Å². The molecule has 6 nitrogen and oxygen atoms in total. The number of fused-ring (bicyclic) bond motifs is 3. The van der Waals surface area contributed by atoms with E-state index in [9.17, 15) is 9.59 Å². The Balaban J connectivity index is 1.33. The highest BCUT2D eigenvalue weighted by Crippen LogP contribution is 2.37. The number of Topliss-reactive ketones (excluding diaryl/α,β-unsaturated/α-hetero) is 1. The van der Waals surface area contributed by atoms with Gasteiger partial charge in [-0.15, -0.1) is 0 Å². The predicted molar refractivity (Wildman–Crippen MR) is 154 cm³/mol. The zero-order valence-electron chi connectivity index (χ0n) is 20.2. The highest BCUT2D eigenvalue weighted by molar-refractivity contribution is 9.11. The van der Waals surface area contributed by atoms with Crippen LogP contribution in [0, 0.1) is 6.92 Å². The molecule has 3 heterocycles. The Labute approximate surface area is 236 Å². The molecule has 0 fully saturated rings. The number of nitrogens with one attached hydrogen (secondary N) is 1. The lowest BCUT2D eigenvalue weighted by Gasteiger charge is -2.34. The maximum atomic E-state index is 13.3. The molecule has 6 rings (SSSR count). The number of ether oxygens (including phenoxy) is 1. The third-order valence-corrected chi connectivity index (χ3v) is 7.60. The Morgan fingerprint density at radius 3 is 2.71 bits per heavy atom. The van der Waals surface area contributed by atoms with Crippen molar-refractivity contribution in [1.82, 2.24) is 10.3 Å². The molecule has 0 aliphatic carbocycles. The zero-order valence-corrected chi connectivity index (χ0v) is 23.4. The minimum atomic E-state index is -0.571. The fraction of sp³-hybridized carbons (Fsp3) is 0.100. The van der Waals surface area contributed by atoms with E-state index in [0.29, 0.717) is 28.3 Å². The molecule has 1 aromatic heterocycles. The number of para-hydroxylation sites is 1. The highest BCUT2D eigenvalue weighted by atomic mass is 79.9. The first kappa shape index (κ1) is 24.6. The minimum absolute atomic E-state index is 0.0964. The summed E-state index contributed by atoms with van der Waals surface area (Å²) in [6, 6.07) is 20.9. The van der Waals surface area contributed by atoms with Gasteiger partial charge in [0, 0.05) is 28.1 Å². The zero-order chi connectivity index (χ0) is 26.4. The molecule has 0 spiro atoms. The molecule has 1 N–H and O–H groups in total. The summed E-state index contributed by atoms with van der Waals surface area (Å²) in [5.41, 5.74) is 3.46. The van der Waals surface area contributed by atoms with Crippen molar-refractivity contribution >= 4 is 60.1 Å². The normalized spacial score (nSPS) is 16.2. The number of pyridine rings is 1. The van der Waals surface area contributed by atoms with Crippen molar-refractivity contribution in [2.24, 2.45) is 0 Å². The first-order valence-electron chi connectivity index (χ1n) is 12.0. The number of carbonyl (C=O) groups excluding carboxylic acids is 2. The topological polar surface area (TPSA) is 71.5 Å². The quantitative estimate of drug-likeness (QED) is 0.271. The summed E-state index contributed by atoms with van der Waals surface area (Å²) in [5, 5.41) is 5.13. The number of aromatic nitrogens is 1. The number of halogens is 2. The smallest absolute Gasteiger partial charge is 0.251 e. The first-order valence-corrected chi connectivity index (χ1v) is 13.6. The molecule has 2 aliphatic rings. The lowest BCUT2D eigenvalue weighted by atomic mass is 9.93. The van der Waals surface area contributed by atoms with Crippen LogP contribution in [0.4, 0.5) is 5.82 Å². The van der Waals surface area contributed by atoms with Crippen LogP contribution in [0.3, 0.4) is 0 Å². The Morgan fingerprint density at radius 2 is 1.87 bits per heavy atom. The number of anilines is 1. The molecule has 188 valence electrons. The molecule has 1 atom stereocenters. The summed E-state index contributed by atoms with van der Waals surface area (Å²) in [6.07, 6.45) is 4.73. The van der Waals surface area contributed by atoms with E-state index in [1.165, 1.54) is 0 Å². The second kappa shape index (κ2) is 9.85. The predicted octanol–water partition coefficient (Wildman–Crippen LogP) is 6.73. The van der Waals surface area contributed by atoms with Gasteiger partial charge in [-0.1, -0.05) is 42.0 Å². The Hall–Kier alpha value is -3.75. The maximum absolute atomic E-state index is 13.3. The van der Waals surface area contributed by atoms with Gasteiger partial charge in [-0.2, -0.15) is 0 Å². The van der Waals surface area contributed by atoms with E-state index < -0.39 is 6.10 Å². The van der Waals surface area contributed by atoms with Crippen molar-refractivity contribution in [2.75, 3.05) is 11.4 Å². The monoisotopic (exact) mass is 629 g/mol. The average molecular weight is 631 g/mol. The number of carbonyl (C=O) groups is 2. The standard InChI is InChI=1S/C30H21Br2N3O3/c1-17-6-7-18-8-9-19(11-20(18)10-17)30(37)34-15-22-13-27-24(28(36)23-4-2-3-5-26(23)38-27)16-35(22)29-25(32)12-21(31)14-33-29/h2-14,16,27H,15H2,1H3,(H,34,37)/t27-/m1/s1. The Kier molecular flexibility index (Phi) is 6.37. The molecule has 0 saturated carbocycles. The van der Waals surface area contributed by atoms with E-state index in [0.717, 1.165) is 31.0 Å². The molecule has 0 saturated heterocycles. The van der Waals surface area contributed by atoms with Crippen molar-refractivity contribution in [3.05, 3.63) is 122 Å². The second-order valence-corrected chi connectivity index (χ2v) is 11.0. The molecule has 38 heavy (non-hydrogen) atoms. The molecule has 4 aromatic rings. The van der Waals surface area contributed by atoms with E-state index >= 15 is 0 Å². The second-order valence-electron chi connectivity index (χ2n) is 9.18. The molecular formula is C30H21Br2N3O3. The average Bonchev–Trinajstić information content (AvgIpc) is 2.91. The third kappa shape index (κ3) is 4.54. The summed E-state index contributed by atoms with van der Waals surface area (Å²) in [4.78, 5) is 32.9. The van der Waals surface area contributed by atoms with Crippen LogP contribution >= 0.6 is 31.9 Å². The lowest BCUT2D eigenvalue weighted by Crippen LogP contribution is -2.39. The summed E-state index contributed by atoms with van der Waals surface area (Å²) in [6.45, 7) is 2.23. The maximum Gasteiger partial charge on any atom is 0.251 e. The van der Waals surface area contributed by atoms with Crippen molar-refractivity contribution < 1.29 is 14.3 Å². The summed E-state index contributed by atoms with van der Waals surface area (Å²) < 4.78 is 7.72. The number of benzene rings is 3. The van der Waals surface area contributed by atoms with Crippen molar-refractivity contribution in [3.8, 4) is 5.75 Å². The highest BCUT2D eigenvalue weighted by Gasteiger charge is 2.35. The van der Waals surface area contributed by atoms with Gasteiger partial charge >= 0.3 is 0 Å². The number of nitrogens with zero attached hydrogens (tertiary/aromatic N) is 2. The summed E-state index contributed by atoms with van der Waals surface area (Å²) in [7, 11) is 0. The van der Waals surface area contributed by atoms with Gasteiger partial charge in [0.05, 0.1) is 22.2 Å². The number of rotatable bonds is 4. The van der Waals surface area contributed by atoms with Crippen molar-refractivity contribution in [1.29, 1.82) is 0 Å². The fourth-order valence-corrected chi connectivity index (χ4v) is 5.86. The first-order chi connectivity index (χ1) is 18.4. The van der Waals surface area contributed by atoms with Gasteiger partial charge in [-0.3, -0.25) is 9.59 Å². The van der Waals surface area contributed by atoms with Gasteiger partial charge in [0.25, 0.3) is 5.91 Å². The van der Waals surface area contributed by atoms with Gasteiger partial charge in [-0.05, 0) is 86.0 Å². The fourth-order valence-electron chi connectivity index (χ4n) is 4.68. The van der Waals surface area contributed by atoms with Crippen LogP contribution in [0.1, 0.15) is 26.3 Å². The Morgan fingerprint density at radius 1 is 1.05 bits per heavy atom. The van der Waals surface area contributed by atoms with Gasteiger partial charge < -0.3 is 15.0 Å². The van der Waals surface area contributed by atoms with Crippen LogP contribution in [-0.2, 0) is 0 Å². The van der Waals surface area contributed by atoms with Crippen molar-refractivity contribution in [3.63, 3.8) is 0 Å². The number of hydrogen-bond donors (Lipinski definition) is 1. The van der Waals surface area contributed by atoms with Crippen LogP contribution in [0.5, 0.6) is 5.75 Å². The van der Waals surface area contributed by atoms with Crippen LogP contribution in [0.25, 0.3) is 10.8 Å². The summed E-state index contributed by atoms with van der Waals surface area (Å²) >= 11 is 7.03. The van der Waals surface area contributed by atoms with E-state index in [1.54, 1.807) is 24.5 Å². The SMILES string of the molecule is Cc1ccc2ccc(C(=O)NCC3=C[C@H]4Oc5ccccc5C(=O)C4=CN3c3ncc(Br)cc3Br)cc2c1. The van der Waals surface area contributed by atoms with E-state index in [4.69, 9.17) is 4.74 Å². The molecule has 0 unspecified atom stereocenters. The van der Waals surface area contributed by atoms with E-state index in [1.807, 2.05) is 60.4 Å². The number of ketones is 1. The molecule has 3 aromatic carbocycles. The largest absolute Gasteiger partial charge is 0.481 e. The third-order valence-electron chi connectivity index (χ3n) is 6.58. The van der Waals surface area contributed by atoms with E-state index in [2.05, 4.69) is 54.3 Å². The number of aryl methyl sites for hydroxylation is 1. The van der Waals surface area contributed by atoms with Crippen LogP contribution in [-0.4, -0.2) is 29.3 Å². The van der Waals surface area contributed by atoms with Crippen LogP contribution < -0.4 is 15.0 Å². The lowest BCUT2D eigenvalue weighted by molar-refractivity contribution is 0.0951. The van der Waals surface area contributed by atoms with Crippen molar-refractivity contribution in [2.45, 2.75) is 13.0 Å². The molecular weight excluding hydrogens is 610 g/mol. The molecule has 0 radical (unpaired) electrons.